The van der Waals surface area contributed by atoms with Crippen molar-refractivity contribution < 1.29 is 19.1 Å². The molecule has 0 spiro atoms. The van der Waals surface area contributed by atoms with Crippen LogP contribution in [-0.2, 0) is 14.4 Å². The van der Waals surface area contributed by atoms with E-state index >= 15 is 0 Å². The Kier molecular flexibility index (Phi) is 6.58. The number of anilines is 2. The molecule has 33 heavy (non-hydrogen) atoms. The second-order valence-electron chi connectivity index (χ2n) is 8.00. The van der Waals surface area contributed by atoms with Gasteiger partial charge >= 0.3 is 0 Å². The minimum atomic E-state index is -0.490. The zero-order chi connectivity index (χ0) is 23.4. The van der Waals surface area contributed by atoms with Crippen molar-refractivity contribution in [2.24, 2.45) is 5.92 Å². The van der Waals surface area contributed by atoms with E-state index in [0.717, 1.165) is 16.5 Å². The number of carbonyl (C=O) groups is 3. The Labute approximate surface area is 192 Å². The van der Waals surface area contributed by atoms with Gasteiger partial charge in [0.2, 0.25) is 17.7 Å². The normalized spacial score (nSPS) is 15.5. The summed E-state index contributed by atoms with van der Waals surface area (Å²) < 4.78 is 5.26. The van der Waals surface area contributed by atoms with Gasteiger partial charge in [0, 0.05) is 24.9 Å². The summed E-state index contributed by atoms with van der Waals surface area (Å²) in [5.41, 5.74) is 1.36. The smallest absolute Gasteiger partial charge is 0.244 e. The van der Waals surface area contributed by atoms with Crippen molar-refractivity contribution in [1.82, 2.24) is 4.90 Å². The Balaban J connectivity index is 1.45. The predicted molar refractivity (Wildman–Crippen MR) is 128 cm³/mol. The number of amides is 3. The minimum absolute atomic E-state index is 0.0840. The molecule has 0 unspecified atom stereocenters. The second-order valence-corrected chi connectivity index (χ2v) is 8.00. The van der Waals surface area contributed by atoms with Crippen LogP contribution in [0.3, 0.4) is 0 Å². The third-order valence-corrected chi connectivity index (χ3v) is 5.94. The van der Waals surface area contributed by atoms with E-state index in [-0.39, 0.29) is 30.7 Å². The Morgan fingerprint density at radius 3 is 2.58 bits per heavy atom. The van der Waals surface area contributed by atoms with Crippen molar-refractivity contribution in [3.05, 3.63) is 66.7 Å². The van der Waals surface area contributed by atoms with Gasteiger partial charge in [-0.25, -0.2) is 0 Å². The van der Waals surface area contributed by atoms with Gasteiger partial charge in [-0.2, -0.15) is 0 Å². The molecule has 1 heterocycles. The monoisotopic (exact) mass is 445 g/mol. The summed E-state index contributed by atoms with van der Waals surface area (Å²) in [6, 6.07) is 20.8. The average Bonchev–Trinajstić information content (AvgIpc) is 3.23. The van der Waals surface area contributed by atoms with E-state index in [2.05, 4.69) is 5.32 Å². The predicted octanol–water partition coefficient (Wildman–Crippen LogP) is 3.69. The molecule has 7 heteroatoms. The lowest BCUT2D eigenvalue weighted by molar-refractivity contribution is -0.138. The molecule has 3 aromatic carbocycles. The molecule has 1 aliphatic heterocycles. The number of likely N-dealkylation sites (N-methyl/N-ethyl adjacent to an activating group) is 1. The van der Waals surface area contributed by atoms with Crippen LogP contribution in [0.4, 0.5) is 11.4 Å². The van der Waals surface area contributed by atoms with Crippen molar-refractivity contribution in [3.8, 4) is 5.75 Å². The van der Waals surface area contributed by atoms with Gasteiger partial charge in [0.15, 0.2) is 0 Å². The van der Waals surface area contributed by atoms with Crippen LogP contribution in [0, 0.1) is 5.92 Å². The van der Waals surface area contributed by atoms with Gasteiger partial charge < -0.3 is 19.9 Å². The van der Waals surface area contributed by atoms with Gasteiger partial charge in [0.05, 0.1) is 30.9 Å². The molecule has 7 nitrogen and oxygen atoms in total. The fourth-order valence-electron chi connectivity index (χ4n) is 4.26. The maximum absolute atomic E-state index is 13.2. The quantitative estimate of drug-likeness (QED) is 0.602. The lowest BCUT2D eigenvalue weighted by atomic mass is 10.1. The standard InChI is InChI=1S/C26H27N3O4/c1-3-28(17-24(30)27-21-12-6-7-14-23(21)33-2)26(32)19-15-25(31)29(16-19)22-13-8-10-18-9-4-5-11-20(18)22/h4-14,19H,3,15-17H2,1-2H3,(H,27,30)/t19-/m0/s1. The van der Waals surface area contributed by atoms with Crippen LogP contribution < -0.4 is 15.0 Å². The number of rotatable bonds is 7. The Bertz CT molecular complexity index is 1190. The third kappa shape index (κ3) is 4.67. The van der Waals surface area contributed by atoms with Gasteiger partial charge in [-0.05, 0) is 30.5 Å². The molecule has 0 radical (unpaired) electrons. The van der Waals surface area contributed by atoms with Crippen molar-refractivity contribution in [1.29, 1.82) is 0 Å². The molecular formula is C26H27N3O4. The van der Waals surface area contributed by atoms with E-state index in [1.807, 2.05) is 55.5 Å². The molecule has 3 aromatic rings. The zero-order valence-corrected chi connectivity index (χ0v) is 18.8. The number of para-hydroxylation sites is 2. The van der Waals surface area contributed by atoms with E-state index in [1.54, 1.807) is 23.1 Å². The number of hydrogen-bond donors (Lipinski definition) is 1. The maximum atomic E-state index is 13.2. The topological polar surface area (TPSA) is 79.0 Å². The summed E-state index contributed by atoms with van der Waals surface area (Å²) in [5, 5.41) is 4.82. The molecule has 1 fully saturated rings. The molecule has 0 aliphatic carbocycles. The Morgan fingerprint density at radius 1 is 1.06 bits per heavy atom. The summed E-state index contributed by atoms with van der Waals surface area (Å²) in [5.74, 6) is -0.532. The summed E-state index contributed by atoms with van der Waals surface area (Å²) >= 11 is 0. The lowest BCUT2D eigenvalue weighted by Crippen LogP contribution is -2.42. The van der Waals surface area contributed by atoms with E-state index < -0.39 is 5.92 Å². The van der Waals surface area contributed by atoms with Crippen LogP contribution >= 0.6 is 0 Å². The first-order valence-corrected chi connectivity index (χ1v) is 11.0. The first kappa shape index (κ1) is 22.3. The van der Waals surface area contributed by atoms with E-state index in [4.69, 9.17) is 4.74 Å². The Hall–Kier alpha value is -3.87. The third-order valence-electron chi connectivity index (χ3n) is 5.94. The average molecular weight is 446 g/mol. The summed E-state index contributed by atoms with van der Waals surface area (Å²) in [6.07, 6.45) is 0.132. The van der Waals surface area contributed by atoms with Gasteiger partial charge in [0.25, 0.3) is 0 Å². The molecule has 3 amide bonds. The Morgan fingerprint density at radius 2 is 1.79 bits per heavy atom. The number of nitrogens with zero attached hydrogens (tertiary/aromatic N) is 2. The molecule has 1 saturated heterocycles. The van der Waals surface area contributed by atoms with E-state index in [0.29, 0.717) is 24.5 Å². The number of methoxy groups -OCH3 is 1. The zero-order valence-electron chi connectivity index (χ0n) is 18.8. The maximum Gasteiger partial charge on any atom is 0.244 e. The molecule has 0 aromatic heterocycles. The molecule has 1 atom stereocenters. The number of fused-ring (bicyclic) bond motifs is 1. The number of carbonyl (C=O) groups excluding carboxylic acids is 3. The van der Waals surface area contributed by atoms with Crippen molar-refractivity contribution in [2.45, 2.75) is 13.3 Å². The number of ether oxygens (including phenoxy) is 1. The van der Waals surface area contributed by atoms with Crippen molar-refractivity contribution in [2.75, 3.05) is 37.0 Å². The fraction of sp³-hybridized carbons (Fsp3) is 0.269. The van der Waals surface area contributed by atoms with Crippen LogP contribution in [0.25, 0.3) is 10.8 Å². The van der Waals surface area contributed by atoms with Gasteiger partial charge in [-0.3, -0.25) is 14.4 Å². The van der Waals surface area contributed by atoms with E-state index in [9.17, 15) is 14.4 Å². The first-order chi connectivity index (χ1) is 16.0. The van der Waals surface area contributed by atoms with Crippen LogP contribution in [0.2, 0.25) is 0 Å². The van der Waals surface area contributed by atoms with Crippen LogP contribution in [-0.4, -0.2) is 49.4 Å². The SMILES string of the molecule is CCN(CC(=O)Nc1ccccc1OC)C(=O)[C@H]1CC(=O)N(c2cccc3ccccc23)C1. The molecule has 0 bridgehead atoms. The first-order valence-electron chi connectivity index (χ1n) is 11.0. The largest absolute Gasteiger partial charge is 0.495 e. The lowest BCUT2D eigenvalue weighted by Gasteiger charge is -2.24. The molecule has 1 aliphatic rings. The minimum Gasteiger partial charge on any atom is -0.495 e. The van der Waals surface area contributed by atoms with Gasteiger partial charge in [-0.15, -0.1) is 0 Å². The molecule has 0 saturated carbocycles. The number of benzene rings is 3. The van der Waals surface area contributed by atoms with Gasteiger partial charge in [-0.1, -0.05) is 48.5 Å². The number of hydrogen-bond acceptors (Lipinski definition) is 4. The summed E-state index contributed by atoms with van der Waals surface area (Å²) in [4.78, 5) is 41.9. The number of nitrogens with one attached hydrogen (secondary N) is 1. The highest BCUT2D eigenvalue weighted by atomic mass is 16.5. The highest BCUT2D eigenvalue weighted by molar-refractivity contribution is 6.07. The summed E-state index contributed by atoms with van der Waals surface area (Å²) in [7, 11) is 1.53. The van der Waals surface area contributed by atoms with Gasteiger partial charge in [0.1, 0.15) is 5.75 Å². The molecule has 1 N–H and O–H groups in total. The second kappa shape index (κ2) is 9.73. The van der Waals surface area contributed by atoms with Crippen molar-refractivity contribution in [3.63, 3.8) is 0 Å². The van der Waals surface area contributed by atoms with Crippen molar-refractivity contribution >= 4 is 39.9 Å². The highest BCUT2D eigenvalue weighted by Gasteiger charge is 2.37. The summed E-state index contributed by atoms with van der Waals surface area (Å²) in [6.45, 7) is 2.41. The fourth-order valence-corrected chi connectivity index (χ4v) is 4.26. The van der Waals surface area contributed by atoms with E-state index in [1.165, 1.54) is 12.0 Å². The van der Waals surface area contributed by atoms with Crippen LogP contribution in [0.1, 0.15) is 13.3 Å². The molecular weight excluding hydrogens is 418 g/mol. The molecule has 170 valence electrons. The van der Waals surface area contributed by atoms with Crippen LogP contribution in [0.5, 0.6) is 5.75 Å². The molecule has 4 rings (SSSR count). The highest BCUT2D eigenvalue weighted by Crippen LogP contribution is 2.32. The van der Waals surface area contributed by atoms with Crippen LogP contribution in [0.15, 0.2) is 66.7 Å².